The first-order valence-corrected chi connectivity index (χ1v) is 6.61. The fourth-order valence-electron chi connectivity index (χ4n) is 2.45. The molecule has 0 saturated carbocycles. The summed E-state index contributed by atoms with van der Waals surface area (Å²) >= 11 is 0. The molecule has 94 valence electrons. The summed E-state index contributed by atoms with van der Waals surface area (Å²) in [6.07, 6.45) is 10.4. The zero-order chi connectivity index (χ0) is 12.1. The van der Waals surface area contributed by atoms with Gasteiger partial charge in [-0.1, -0.05) is 18.1 Å². The van der Waals surface area contributed by atoms with Crippen molar-refractivity contribution in [2.75, 3.05) is 6.54 Å². The second-order valence-electron chi connectivity index (χ2n) is 5.05. The summed E-state index contributed by atoms with van der Waals surface area (Å²) in [7, 11) is 2.00. The van der Waals surface area contributed by atoms with Gasteiger partial charge in [0.05, 0.1) is 0 Å². The Bertz CT molecular complexity index is 373. The van der Waals surface area contributed by atoms with Crippen molar-refractivity contribution in [1.82, 2.24) is 15.1 Å². The molecule has 1 aliphatic rings. The summed E-state index contributed by atoms with van der Waals surface area (Å²) in [5, 5.41) is 7.78. The van der Waals surface area contributed by atoms with Crippen molar-refractivity contribution >= 4 is 0 Å². The van der Waals surface area contributed by atoms with Gasteiger partial charge in [0.2, 0.25) is 0 Å². The highest BCUT2D eigenvalue weighted by molar-refractivity contribution is 5.10. The molecule has 0 spiro atoms. The molecule has 0 aliphatic carbocycles. The number of hydrogen-bond donors (Lipinski definition) is 1. The lowest BCUT2D eigenvalue weighted by atomic mass is 9.98. The van der Waals surface area contributed by atoms with Crippen LogP contribution >= 0.6 is 0 Å². The third-order valence-corrected chi connectivity index (χ3v) is 3.56. The van der Waals surface area contributed by atoms with Gasteiger partial charge in [0.1, 0.15) is 0 Å². The normalized spacial score (nSPS) is 21.8. The van der Waals surface area contributed by atoms with E-state index < -0.39 is 0 Å². The van der Waals surface area contributed by atoms with Crippen LogP contribution in [-0.4, -0.2) is 22.4 Å². The van der Waals surface area contributed by atoms with E-state index in [2.05, 4.69) is 29.5 Å². The molecular weight excluding hydrogens is 210 g/mol. The average Bonchev–Trinajstić information content (AvgIpc) is 2.74. The maximum absolute atomic E-state index is 4.19. The van der Waals surface area contributed by atoms with E-state index in [1.807, 2.05) is 17.9 Å². The maximum Gasteiger partial charge on any atom is 0.0492 e. The first-order chi connectivity index (χ1) is 8.25. The van der Waals surface area contributed by atoms with Gasteiger partial charge in [-0.2, -0.15) is 5.10 Å². The Kier molecular flexibility index (Phi) is 4.37. The number of allylic oxidation sites excluding steroid dienone is 1. The Balaban J connectivity index is 1.82. The summed E-state index contributed by atoms with van der Waals surface area (Å²) in [5.41, 5.74) is 2.77. The van der Waals surface area contributed by atoms with Crippen LogP contribution in [0.2, 0.25) is 0 Å². The minimum absolute atomic E-state index is 0.700. The molecule has 0 amide bonds. The maximum atomic E-state index is 4.19. The van der Waals surface area contributed by atoms with Gasteiger partial charge < -0.3 is 5.32 Å². The number of aryl methyl sites for hydroxylation is 1. The minimum atomic E-state index is 0.700. The highest BCUT2D eigenvalue weighted by atomic mass is 15.2. The third-order valence-electron chi connectivity index (χ3n) is 3.56. The van der Waals surface area contributed by atoms with Crippen molar-refractivity contribution in [1.29, 1.82) is 0 Å². The van der Waals surface area contributed by atoms with E-state index in [-0.39, 0.29) is 0 Å². The standard InChI is InChI=1S/C14H23N3/c1-12(11-13-5-3-4-9-15-13)6-7-14-8-10-16-17(14)2/h6,8,10,13,15H,3-5,7,9,11H2,1-2H3. The van der Waals surface area contributed by atoms with Gasteiger partial charge in [-0.25, -0.2) is 0 Å². The van der Waals surface area contributed by atoms with Crippen molar-refractivity contribution < 1.29 is 0 Å². The molecule has 17 heavy (non-hydrogen) atoms. The van der Waals surface area contributed by atoms with Gasteiger partial charge in [0.15, 0.2) is 0 Å². The van der Waals surface area contributed by atoms with Crippen LogP contribution in [0, 0.1) is 0 Å². The highest BCUT2D eigenvalue weighted by Gasteiger charge is 2.12. The molecule has 3 heteroatoms. The lowest BCUT2D eigenvalue weighted by Gasteiger charge is -2.23. The molecule has 1 atom stereocenters. The molecule has 1 aromatic rings. The van der Waals surface area contributed by atoms with Gasteiger partial charge in [0, 0.05) is 31.4 Å². The van der Waals surface area contributed by atoms with Crippen LogP contribution in [0.5, 0.6) is 0 Å². The topological polar surface area (TPSA) is 29.9 Å². The molecular formula is C14H23N3. The average molecular weight is 233 g/mol. The highest BCUT2D eigenvalue weighted by Crippen LogP contribution is 2.15. The van der Waals surface area contributed by atoms with Crippen LogP contribution < -0.4 is 5.32 Å². The van der Waals surface area contributed by atoms with Gasteiger partial charge in [-0.3, -0.25) is 4.68 Å². The summed E-state index contributed by atoms with van der Waals surface area (Å²) in [4.78, 5) is 0. The van der Waals surface area contributed by atoms with E-state index in [4.69, 9.17) is 0 Å². The zero-order valence-electron chi connectivity index (χ0n) is 10.9. The van der Waals surface area contributed by atoms with Crippen molar-refractivity contribution in [3.8, 4) is 0 Å². The lowest BCUT2D eigenvalue weighted by molar-refractivity contribution is 0.398. The SMILES string of the molecule is CC(=CCc1ccnn1C)CC1CCCCN1. The lowest BCUT2D eigenvalue weighted by Crippen LogP contribution is -2.33. The van der Waals surface area contributed by atoms with Crippen molar-refractivity contribution in [3.05, 3.63) is 29.6 Å². The van der Waals surface area contributed by atoms with E-state index in [1.165, 1.54) is 43.5 Å². The molecule has 0 aromatic carbocycles. The van der Waals surface area contributed by atoms with Crippen molar-refractivity contribution in [2.45, 2.75) is 45.1 Å². The van der Waals surface area contributed by atoms with E-state index in [9.17, 15) is 0 Å². The molecule has 1 fully saturated rings. The van der Waals surface area contributed by atoms with Crippen LogP contribution in [0.3, 0.4) is 0 Å². The summed E-state index contributed by atoms with van der Waals surface area (Å²) in [5.74, 6) is 0. The van der Waals surface area contributed by atoms with Crippen molar-refractivity contribution in [2.24, 2.45) is 7.05 Å². The second-order valence-corrected chi connectivity index (χ2v) is 5.05. The molecule has 0 radical (unpaired) electrons. The Labute approximate surface area is 104 Å². The van der Waals surface area contributed by atoms with Gasteiger partial charge >= 0.3 is 0 Å². The first kappa shape index (κ1) is 12.4. The quantitative estimate of drug-likeness (QED) is 0.810. The van der Waals surface area contributed by atoms with Crippen LogP contribution in [-0.2, 0) is 13.5 Å². The summed E-state index contributed by atoms with van der Waals surface area (Å²) < 4.78 is 1.95. The predicted octanol–water partition coefficient (Wildman–Crippen LogP) is 2.44. The number of piperidine rings is 1. The first-order valence-electron chi connectivity index (χ1n) is 6.61. The Hall–Kier alpha value is -1.09. The number of hydrogen-bond acceptors (Lipinski definition) is 2. The zero-order valence-corrected chi connectivity index (χ0v) is 10.9. The molecule has 0 bridgehead atoms. The van der Waals surface area contributed by atoms with Crippen LogP contribution in [0.1, 0.15) is 38.3 Å². The summed E-state index contributed by atoms with van der Waals surface area (Å²) in [6.45, 7) is 3.44. The van der Waals surface area contributed by atoms with Gasteiger partial charge in [-0.15, -0.1) is 0 Å². The fraction of sp³-hybridized carbons (Fsp3) is 0.643. The molecule has 1 saturated heterocycles. The second kappa shape index (κ2) is 6.01. The third kappa shape index (κ3) is 3.70. The Morgan fingerprint density at radius 2 is 2.47 bits per heavy atom. The fourth-order valence-corrected chi connectivity index (χ4v) is 2.45. The number of nitrogens with one attached hydrogen (secondary N) is 1. The Morgan fingerprint density at radius 3 is 3.12 bits per heavy atom. The van der Waals surface area contributed by atoms with Crippen LogP contribution in [0.25, 0.3) is 0 Å². The van der Waals surface area contributed by atoms with E-state index in [1.54, 1.807) is 0 Å². The summed E-state index contributed by atoms with van der Waals surface area (Å²) in [6, 6.07) is 2.79. The number of aromatic nitrogens is 2. The number of nitrogens with zero attached hydrogens (tertiary/aromatic N) is 2. The van der Waals surface area contributed by atoms with Crippen LogP contribution in [0.15, 0.2) is 23.9 Å². The van der Waals surface area contributed by atoms with E-state index in [0.717, 1.165) is 6.42 Å². The van der Waals surface area contributed by atoms with Gasteiger partial charge in [0.25, 0.3) is 0 Å². The molecule has 3 nitrogen and oxygen atoms in total. The van der Waals surface area contributed by atoms with Crippen molar-refractivity contribution in [3.63, 3.8) is 0 Å². The largest absolute Gasteiger partial charge is 0.314 e. The molecule has 1 N–H and O–H groups in total. The minimum Gasteiger partial charge on any atom is -0.314 e. The molecule has 1 aromatic heterocycles. The predicted molar refractivity (Wildman–Crippen MR) is 70.9 cm³/mol. The molecule has 2 rings (SSSR count). The van der Waals surface area contributed by atoms with E-state index >= 15 is 0 Å². The smallest absolute Gasteiger partial charge is 0.0492 e. The molecule has 1 unspecified atom stereocenters. The van der Waals surface area contributed by atoms with E-state index in [0.29, 0.717) is 6.04 Å². The molecule has 2 heterocycles. The number of rotatable bonds is 4. The van der Waals surface area contributed by atoms with Crippen LogP contribution in [0.4, 0.5) is 0 Å². The monoisotopic (exact) mass is 233 g/mol. The Morgan fingerprint density at radius 1 is 1.59 bits per heavy atom. The van der Waals surface area contributed by atoms with Gasteiger partial charge in [-0.05, 0) is 38.8 Å². The molecule has 1 aliphatic heterocycles.